The van der Waals surface area contributed by atoms with Gasteiger partial charge in [0, 0.05) is 36.6 Å². The second-order valence-corrected chi connectivity index (χ2v) is 5.91. The van der Waals surface area contributed by atoms with Gasteiger partial charge in [0.1, 0.15) is 0 Å². The standard InChI is InChI=1S/C18H26ClN3O2/c1-3-10-24-18-12-16(19)15(11-17(18)23-4-2)13-20-6-5-8-22-9-7-21-14-22/h7,9,11-12,14,20H,3-6,8,10,13H2,1-2H3. The first-order valence-corrected chi connectivity index (χ1v) is 8.86. The molecule has 0 aliphatic carbocycles. The van der Waals surface area contributed by atoms with Gasteiger partial charge >= 0.3 is 0 Å². The summed E-state index contributed by atoms with van der Waals surface area (Å²) in [5.74, 6) is 1.47. The predicted molar refractivity (Wildman–Crippen MR) is 97.0 cm³/mol. The van der Waals surface area contributed by atoms with Crippen molar-refractivity contribution in [2.24, 2.45) is 0 Å². The van der Waals surface area contributed by atoms with Gasteiger partial charge in [-0.25, -0.2) is 4.98 Å². The Balaban J connectivity index is 1.87. The summed E-state index contributed by atoms with van der Waals surface area (Å²) in [5, 5.41) is 4.12. The normalized spacial score (nSPS) is 10.8. The molecule has 24 heavy (non-hydrogen) atoms. The number of nitrogens with zero attached hydrogens (tertiary/aromatic N) is 2. The van der Waals surface area contributed by atoms with E-state index >= 15 is 0 Å². The number of benzene rings is 1. The number of nitrogens with one attached hydrogen (secondary N) is 1. The highest BCUT2D eigenvalue weighted by molar-refractivity contribution is 6.31. The second-order valence-electron chi connectivity index (χ2n) is 5.50. The van der Waals surface area contributed by atoms with E-state index in [-0.39, 0.29) is 0 Å². The number of hydrogen-bond acceptors (Lipinski definition) is 4. The lowest BCUT2D eigenvalue weighted by atomic mass is 10.2. The van der Waals surface area contributed by atoms with Crippen molar-refractivity contribution in [2.45, 2.75) is 39.8 Å². The van der Waals surface area contributed by atoms with E-state index in [1.165, 1.54) is 0 Å². The van der Waals surface area contributed by atoms with Crippen LogP contribution in [-0.2, 0) is 13.1 Å². The summed E-state index contributed by atoms with van der Waals surface area (Å²) in [7, 11) is 0. The molecule has 2 aromatic rings. The van der Waals surface area contributed by atoms with Crippen LogP contribution in [0, 0.1) is 0 Å². The SMILES string of the molecule is CCCOc1cc(Cl)c(CNCCCn2ccnc2)cc1OCC. The van der Waals surface area contributed by atoms with Gasteiger partial charge in [-0.15, -0.1) is 0 Å². The maximum absolute atomic E-state index is 6.39. The summed E-state index contributed by atoms with van der Waals surface area (Å²) in [6.45, 7) is 7.86. The van der Waals surface area contributed by atoms with Gasteiger partial charge in [0.25, 0.3) is 0 Å². The van der Waals surface area contributed by atoms with Crippen LogP contribution in [0.25, 0.3) is 0 Å². The molecule has 0 saturated heterocycles. The number of rotatable bonds is 11. The van der Waals surface area contributed by atoms with Gasteiger partial charge in [0.2, 0.25) is 0 Å². The Morgan fingerprint density at radius 2 is 2.04 bits per heavy atom. The third kappa shape index (κ3) is 5.73. The van der Waals surface area contributed by atoms with Crippen LogP contribution in [0.15, 0.2) is 30.9 Å². The molecule has 1 aromatic carbocycles. The van der Waals surface area contributed by atoms with Crippen molar-refractivity contribution in [3.8, 4) is 11.5 Å². The van der Waals surface area contributed by atoms with E-state index in [9.17, 15) is 0 Å². The van der Waals surface area contributed by atoms with Gasteiger partial charge in [-0.2, -0.15) is 0 Å². The fourth-order valence-electron chi connectivity index (χ4n) is 2.33. The molecule has 6 heteroatoms. The predicted octanol–water partition coefficient (Wildman–Crippen LogP) is 3.90. The summed E-state index contributed by atoms with van der Waals surface area (Å²) < 4.78 is 13.5. The summed E-state index contributed by atoms with van der Waals surface area (Å²) >= 11 is 6.39. The molecule has 0 unspecified atom stereocenters. The molecule has 0 bridgehead atoms. The highest BCUT2D eigenvalue weighted by Crippen LogP contribution is 2.33. The molecule has 0 aliphatic heterocycles. The molecular formula is C18H26ClN3O2. The minimum Gasteiger partial charge on any atom is -0.490 e. The van der Waals surface area contributed by atoms with Crippen molar-refractivity contribution in [3.63, 3.8) is 0 Å². The maximum Gasteiger partial charge on any atom is 0.162 e. The number of imidazole rings is 1. The lowest BCUT2D eigenvalue weighted by Gasteiger charge is -2.15. The molecule has 0 spiro atoms. The highest BCUT2D eigenvalue weighted by atomic mass is 35.5. The van der Waals surface area contributed by atoms with Crippen LogP contribution in [0.4, 0.5) is 0 Å². The first-order chi connectivity index (χ1) is 11.7. The molecule has 1 aromatic heterocycles. The topological polar surface area (TPSA) is 48.3 Å². The highest BCUT2D eigenvalue weighted by Gasteiger charge is 2.11. The first kappa shape index (κ1) is 18.6. The van der Waals surface area contributed by atoms with E-state index in [2.05, 4.69) is 21.8 Å². The Morgan fingerprint density at radius 1 is 1.21 bits per heavy atom. The number of aromatic nitrogens is 2. The average molecular weight is 352 g/mol. The minimum absolute atomic E-state index is 0.599. The summed E-state index contributed by atoms with van der Waals surface area (Å²) in [6.07, 6.45) is 7.58. The molecule has 5 nitrogen and oxygen atoms in total. The fraction of sp³-hybridized carbons (Fsp3) is 0.500. The Labute approximate surface area is 148 Å². The van der Waals surface area contributed by atoms with Crippen molar-refractivity contribution in [1.82, 2.24) is 14.9 Å². The molecule has 0 atom stereocenters. The maximum atomic E-state index is 6.39. The van der Waals surface area contributed by atoms with Crippen LogP contribution in [0.2, 0.25) is 5.02 Å². The Hall–Kier alpha value is -1.72. The molecule has 132 valence electrons. The van der Waals surface area contributed by atoms with E-state index in [1.54, 1.807) is 6.20 Å². The number of ether oxygens (including phenoxy) is 2. The lowest BCUT2D eigenvalue weighted by molar-refractivity contribution is 0.276. The molecule has 0 amide bonds. The van der Waals surface area contributed by atoms with Crippen LogP contribution < -0.4 is 14.8 Å². The van der Waals surface area contributed by atoms with Gasteiger partial charge in [-0.1, -0.05) is 18.5 Å². The monoisotopic (exact) mass is 351 g/mol. The number of halogens is 1. The van der Waals surface area contributed by atoms with Gasteiger partial charge in [0.15, 0.2) is 11.5 Å². The molecule has 1 N–H and O–H groups in total. The average Bonchev–Trinajstić information content (AvgIpc) is 3.09. The second kappa shape index (κ2) is 10.2. The lowest BCUT2D eigenvalue weighted by Crippen LogP contribution is -2.16. The van der Waals surface area contributed by atoms with E-state index in [0.29, 0.717) is 30.5 Å². The van der Waals surface area contributed by atoms with Crippen molar-refractivity contribution in [1.29, 1.82) is 0 Å². The molecule has 0 aliphatic rings. The van der Waals surface area contributed by atoms with Crippen molar-refractivity contribution >= 4 is 11.6 Å². The van der Waals surface area contributed by atoms with Crippen LogP contribution in [0.3, 0.4) is 0 Å². The van der Waals surface area contributed by atoms with Crippen LogP contribution in [0.1, 0.15) is 32.3 Å². The van der Waals surface area contributed by atoms with Gasteiger partial charge in [0.05, 0.1) is 19.5 Å². The molecule has 0 radical (unpaired) electrons. The van der Waals surface area contributed by atoms with E-state index in [4.69, 9.17) is 21.1 Å². The van der Waals surface area contributed by atoms with Crippen molar-refractivity contribution < 1.29 is 9.47 Å². The summed E-state index contributed by atoms with van der Waals surface area (Å²) in [4.78, 5) is 4.04. The van der Waals surface area contributed by atoms with E-state index in [0.717, 1.165) is 37.2 Å². The third-order valence-corrected chi connectivity index (χ3v) is 3.87. The zero-order chi connectivity index (χ0) is 17.2. The van der Waals surface area contributed by atoms with E-state index < -0.39 is 0 Å². The summed E-state index contributed by atoms with van der Waals surface area (Å²) in [5.41, 5.74) is 1.02. The Morgan fingerprint density at radius 3 is 2.75 bits per heavy atom. The van der Waals surface area contributed by atoms with Crippen LogP contribution >= 0.6 is 11.6 Å². The molecular weight excluding hydrogens is 326 g/mol. The number of aryl methyl sites for hydroxylation is 1. The summed E-state index contributed by atoms with van der Waals surface area (Å²) in [6, 6.07) is 3.82. The molecule has 1 heterocycles. The van der Waals surface area contributed by atoms with Crippen LogP contribution in [0.5, 0.6) is 11.5 Å². The van der Waals surface area contributed by atoms with Gasteiger partial charge in [-0.3, -0.25) is 0 Å². The molecule has 0 saturated carbocycles. The largest absolute Gasteiger partial charge is 0.490 e. The van der Waals surface area contributed by atoms with Gasteiger partial charge in [-0.05, 0) is 37.9 Å². The van der Waals surface area contributed by atoms with Crippen LogP contribution in [-0.4, -0.2) is 29.3 Å². The molecule has 0 fully saturated rings. The zero-order valence-electron chi connectivity index (χ0n) is 14.4. The Bertz CT molecular complexity index is 603. The fourth-order valence-corrected chi connectivity index (χ4v) is 2.55. The smallest absolute Gasteiger partial charge is 0.162 e. The molecule has 2 rings (SSSR count). The van der Waals surface area contributed by atoms with Gasteiger partial charge < -0.3 is 19.4 Å². The quantitative estimate of drug-likeness (QED) is 0.624. The first-order valence-electron chi connectivity index (χ1n) is 8.49. The minimum atomic E-state index is 0.599. The zero-order valence-corrected chi connectivity index (χ0v) is 15.2. The Kier molecular flexibility index (Phi) is 7.92. The number of hydrogen-bond donors (Lipinski definition) is 1. The van der Waals surface area contributed by atoms with Crippen molar-refractivity contribution in [2.75, 3.05) is 19.8 Å². The van der Waals surface area contributed by atoms with Crippen molar-refractivity contribution in [3.05, 3.63) is 41.4 Å². The third-order valence-electron chi connectivity index (χ3n) is 3.52. The van der Waals surface area contributed by atoms with E-state index in [1.807, 2.05) is 31.6 Å².